The minimum Gasteiger partial charge on any atom is -0.497 e. The van der Waals surface area contributed by atoms with Crippen molar-refractivity contribution in [1.82, 2.24) is 4.90 Å². The standard InChI is InChI=1S/C16H20FNO4/c1-20-12-4-5-13(14(17)9-12)15(19)18-6-2-3-11(10-18)16-21-7-8-22-16/h4-5,9,11,16H,2-3,6-8,10H2,1H3. The highest BCUT2D eigenvalue weighted by Crippen LogP contribution is 2.26. The van der Waals surface area contributed by atoms with Gasteiger partial charge in [-0.25, -0.2) is 4.39 Å². The van der Waals surface area contributed by atoms with E-state index in [9.17, 15) is 9.18 Å². The Morgan fingerprint density at radius 1 is 1.36 bits per heavy atom. The van der Waals surface area contributed by atoms with E-state index in [1.165, 1.54) is 19.2 Å². The monoisotopic (exact) mass is 309 g/mol. The molecule has 0 radical (unpaired) electrons. The van der Waals surface area contributed by atoms with Crippen LogP contribution in [-0.4, -0.2) is 50.5 Å². The van der Waals surface area contributed by atoms with Gasteiger partial charge in [0.1, 0.15) is 11.6 Å². The summed E-state index contributed by atoms with van der Waals surface area (Å²) in [5.74, 6) is -0.289. The van der Waals surface area contributed by atoms with Crippen molar-refractivity contribution in [3.63, 3.8) is 0 Å². The maximum Gasteiger partial charge on any atom is 0.256 e. The highest BCUT2D eigenvalue weighted by Gasteiger charge is 2.33. The van der Waals surface area contributed by atoms with Crippen LogP contribution in [0.2, 0.25) is 0 Å². The van der Waals surface area contributed by atoms with Crippen LogP contribution in [-0.2, 0) is 9.47 Å². The number of amides is 1. The lowest BCUT2D eigenvalue weighted by Crippen LogP contribution is -2.44. The molecule has 1 unspecified atom stereocenters. The fraction of sp³-hybridized carbons (Fsp3) is 0.562. The van der Waals surface area contributed by atoms with Crippen LogP contribution in [0.3, 0.4) is 0 Å². The van der Waals surface area contributed by atoms with Crippen molar-refractivity contribution < 1.29 is 23.4 Å². The molecule has 2 fully saturated rings. The molecule has 3 rings (SSSR count). The van der Waals surface area contributed by atoms with Crippen LogP contribution >= 0.6 is 0 Å². The summed E-state index contributed by atoms with van der Waals surface area (Å²) in [5.41, 5.74) is 0.0784. The Balaban J connectivity index is 1.71. The Hall–Kier alpha value is -1.66. The number of nitrogens with zero attached hydrogens (tertiary/aromatic N) is 1. The number of carbonyl (C=O) groups is 1. The van der Waals surface area contributed by atoms with Crippen molar-refractivity contribution >= 4 is 5.91 Å². The van der Waals surface area contributed by atoms with E-state index in [2.05, 4.69) is 0 Å². The van der Waals surface area contributed by atoms with E-state index in [4.69, 9.17) is 14.2 Å². The second-order valence-corrected chi connectivity index (χ2v) is 5.61. The predicted octanol–water partition coefficient (Wildman–Crippen LogP) is 2.06. The van der Waals surface area contributed by atoms with Gasteiger partial charge in [0.15, 0.2) is 6.29 Å². The summed E-state index contributed by atoms with van der Waals surface area (Å²) in [5, 5.41) is 0. The normalized spacial score (nSPS) is 22.8. The van der Waals surface area contributed by atoms with Crippen LogP contribution < -0.4 is 4.74 Å². The van der Waals surface area contributed by atoms with Gasteiger partial charge in [0.25, 0.3) is 5.91 Å². The zero-order valence-corrected chi connectivity index (χ0v) is 12.6. The summed E-state index contributed by atoms with van der Waals surface area (Å²) in [6.45, 7) is 2.37. The highest BCUT2D eigenvalue weighted by atomic mass is 19.1. The third kappa shape index (κ3) is 3.08. The summed E-state index contributed by atoms with van der Waals surface area (Å²) in [6.07, 6.45) is 1.59. The van der Waals surface area contributed by atoms with E-state index >= 15 is 0 Å². The zero-order valence-electron chi connectivity index (χ0n) is 12.6. The molecule has 6 heteroatoms. The topological polar surface area (TPSA) is 48.0 Å². The van der Waals surface area contributed by atoms with Crippen LogP contribution in [0, 0.1) is 11.7 Å². The smallest absolute Gasteiger partial charge is 0.256 e. The molecule has 0 aromatic heterocycles. The number of rotatable bonds is 3. The molecule has 1 amide bonds. The second kappa shape index (κ2) is 6.62. The van der Waals surface area contributed by atoms with Crippen molar-refractivity contribution in [2.45, 2.75) is 19.1 Å². The van der Waals surface area contributed by atoms with Gasteiger partial charge in [-0.2, -0.15) is 0 Å². The third-order valence-electron chi connectivity index (χ3n) is 4.18. The van der Waals surface area contributed by atoms with E-state index in [0.29, 0.717) is 32.1 Å². The van der Waals surface area contributed by atoms with Gasteiger partial charge in [-0.05, 0) is 25.0 Å². The third-order valence-corrected chi connectivity index (χ3v) is 4.18. The number of carbonyl (C=O) groups excluding carboxylic acids is 1. The molecular formula is C16H20FNO4. The molecular weight excluding hydrogens is 289 g/mol. The van der Waals surface area contributed by atoms with Gasteiger partial charge in [-0.3, -0.25) is 4.79 Å². The second-order valence-electron chi connectivity index (χ2n) is 5.61. The van der Waals surface area contributed by atoms with Gasteiger partial charge < -0.3 is 19.1 Å². The molecule has 2 saturated heterocycles. The number of likely N-dealkylation sites (tertiary alicyclic amines) is 1. The Morgan fingerprint density at radius 3 is 2.82 bits per heavy atom. The van der Waals surface area contributed by atoms with Gasteiger partial charge in [-0.15, -0.1) is 0 Å². The molecule has 1 atom stereocenters. The van der Waals surface area contributed by atoms with Crippen LogP contribution in [0.15, 0.2) is 18.2 Å². The van der Waals surface area contributed by atoms with Crippen LogP contribution in [0.1, 0.15) is 23.2 Å². The first-order valence-corrected chi connectivity index (χ1v) is 7.55. The average Bonchev–Trinajstić information content (AvgIpc) is 3.09. The van der Waals surface area contributed by atoms with E-state index < -0.39 is 5.82 Å². The van der Waals surface area contributed by atoms with Crippen molar-refractivity contribution in [2.75, 3.05) is 33.4 Å². The number of methoxy groups -OCH3 is 1. The molecule has 22 heavy (non-hydrogen) atoms. The number of benzene rings is 1. The molecule has 2 heterocycles. The quantitative estimate of drug-likeness (QED) is 0.857. The van der Waals surface area contributed by atoms with Crippen LogP contribution in [0.5, 0.6) is 5.75 Å². The Labute approximate surface area is 128 Å². The van der Waals surface area contributed by atoms with Crippen molar-refractivity contribution in [3.8, 4) is 5.75 Å². The number of ether oxygens (including phenoxy) is 3. The molecule has 0 bridgehead atoms. The number of halogens is 1. The van der Waals surface area contributed by atoms with E-state index in [1.807, 2.05) is 0 Å². The molecule has 1 aromatic rings. The average molecular weight is 309 g/mol. The van der Waals surface area contributed by atoms with Gasteiger partial charge in [0.05, 0.1) is 25.9 Å². The minimum absolute atomic E-state index is 0.0784. The summed E-state index contributed by atoms with van der Waals surface area (Å²) in [4.78, 5) is 14.2. The maximum absolute atomic E-state index is 14.1. The molecule has 0 N–H and O–H groups in total. The van der Waals surface area contributed by atoms with Crippen molar-refractivity contribution in [3.05, 3.63) is 29.6 Å². The van der Waals surface area contributed by atoms with Crippen LogP contribution in [0.25, 0.3) is 0 Å². The SMILES string of the molecule is COc1ccc(C(=O)N2CCCC(C3OCCO3)C2)c(F)c1. The molecule has 120 valence electrons. The first-order chi connectivity index (χ1) is 10.7. The fourth-order valence-electron chi connectivity index (χ4n) is 3.03. The van der Waals surface area contributed by atoms with E-state index in [1.54, 1.807) is 11.0 Å². The molecule has 1 aromatic carbocycles. The summed E-state index contributed by atoms with van der Waals surface area (Å²) < 4.78 is 30.1. The Morgan fingerprint density at radius 2 is 2.14 bits per heavy atom. The van der Waals surface area contributed by atoms with Crippen LogP contribution in [0.4, 0.5) is 4.39 Å². The summed E-state index contributed by atoms with van der Waals surface area (Å²) >= 11 is 0. The largest absolute Gasteiger partial charge is 0.497 e. The Bertz CT molecular complexity index is 545. The highest BCUT2D eigenvalue weighted by molar-refractivity contribution is 5.94. The lowest BCUT2D eigenvalue weighted by Gasteiger charge is -2.34. The molecule has 0 spiro atoms. The number of piperidine rings is 1. The van der Waals surface area contributed by atoms with Gasteiger partial charge >= 0.3 is 0 Å². The molecule has 0 aliphatic carbocycles. The molecule has 2 aliphatic rings. The predicted molar refractivity (Wildman–Crippen MR) is 77.3 cm³/mol. The van der Waals surface area contributed by atoms with Gasteiger partial charge in [0, 0.05) is 25.1 Å². The van der Waals surface area contributed by atoms with E-state index in [-0.39, 0.29) is 23.7 Å². The maximum atomic E-state index is 14.1. The lowest BCUT2D eigenvalue weighted by molar-refractivity contribution is -0.0969. The van der Waals surface area contributed by atoms with Crippen molar-refractivity contribution in [1.29, 1.82) is 0 Å². The Kier molecular flexibility index (Phi) is 4.59. The molecule has 0 saturated carbocycles. The van der Waals surface area contributed by atoms with Gasteiger partial charge in [-0.1, -0.05) is 0 Å². The van der Waals surface area contributed by atoms with Gasteiger partial charge in [0.2, 0.25) is 0 Å². The zero-order chi connectivity index (χ0) is 15.5. The lowest BCUT2D eigenvalue weighted by atomic mass is 9.96. The number of hydrogen-bond donors (Lipinski definition) is 0. The van der Waals surface area contributed by atoms with E-state index in [0.717, 1.165) is 12.8 Å². The minimum atomic E-state index is -0.556. The molecule has 5 nitrogen and oxygen atoms in total. The number of hydrogen-bond acceptors (Lipinski definition) is 4. The first kappa shape index (κ1) is 15.2. The summed E-state index contributed by atoms with van der Waals surface area (Å²) in [6, 6.07) is 4.31. The molecule has 2 aliphatic heterocycles. The van der Waals surface area contributed by atoms with Crippen molar-refractivity contribution in [2.24, 2.45) is 5.92 Å². The summed E-state index contributed by atoms with van der Waals surface area (Å²) in [7, 11) is 1.47. The fourth-order valence-corrected chi connectivity index (χ4v) is 3.03. The first-order valence-electron chi connectivity index (χ1n) is 7.55.